The summed E-state index contributed by atoms with van der Waals surface area (Å²) in [6.45, 7) is 2.80. The highest BCUT2D eigenvalue weighted by atomic mass is 19.1. The zero-order chi connectivity index (χ0) is 14.2. The summed E-state index contributed by atoms with van der Waals surface area (Å²) < 4.78 is 27.4. The summed E-state index contributed by atoms with van der Waals surface area (Å²) in [6.07, 6.45) is 1.58. The van der Waals surface area contributed by atoms with Crippen LogP contribution in [-0.4, -0.2) is 36.6 Å². The van der Waals surface area contributed by atoms with E-state index in [1.807, 2.05) is 30.8 Å². The van der Waals surface area contributed by atoms with Crippen LogP contribution in [0.25, 0.3) is 0 Å². The molecule has 3 nitrogen and oxygen atoms in total. The quantitative estimate of drug-likeness (QED) is 0.912. The molecule has 0 bridgehead atoms. The normalized spacial score (nSPS) is 26.1. The molecule has 2 rings (SSSR count). The Kier molecular flexibility index (Phi) is 3.90. The van der Waals surface area contributed by atoms with Gasteiger partial charge in [0.15, 0.2) is 0 Å². The maximum atomic E-state index is 14.0. The molecular weight excluding hydrogens is 248 g/mol. The van der Waals surface area contributed by atoms with E-state index >= 15 is 0 Å². The highest BCUT2D eigenvalue weighted by Gasteiger charge is 2.43. The van der Waals surface area contributed by atoms with E-state index in [1.165, 1.54) is 6.07 Å². The number of nitrogens with two attached hydrogens (primary N) is 1. The van der Waals surface area contributed by atoms with Crippen molar-refractivity contribution in [3.8, 4) is 0 Å². The van der Waals surface area contributed by atoms with Gasteiger partial charge in [0.05, 0.1) is 11.8 Å². The van der Waals surface area contributed by atoms with Crippen LogP contribution in [0.1, 0.15) is 25.3 Å². The van der Waals surface area contributed by atoms with Gasteiger partial charge in [-0.15, -0.1) is 0 Å². The van der Waals surface area contributed by atoms with Crippen LogP contribution in [0.15, 0.2) is 18.2 Å². The zero-order valence-corrected chi connectivity index (χ0v) is 11.7. The number of likely N-dealkylation sites (tertiary alicyclic amines) is 1. The second-order valence-corrected chi connectivity index (χ2v) is 5.44. The van der Waals surface area contributed by atoms with Gasteiger partial charge in [-0.2, -0.15) is 0 Å². The summed E-state index contributed by atoms with van der Waals surface area (Å²) >= 11 is 0. The van der Waals surface area contributed by atoms with Crippen molar-refractivity contribution in [3.63, 3.8) is 0 Å². The van der Waals surface area contributed by atoms with Crippen molar-refractivity contribution in [2.75, 3.05) is 20.6 Å². The third-order valence-electron chi connectivity index (χ3n) is 4.06. The molecule has 2 N–H and O–H groups in total. The van der Waals surface area contributed by atoms with Gasteiger partial charge in [-0.05, 0) is 52.1 Å². The Bertz CT molecular complexity index is 464. The summed E-state index contributed by atoms with van der Waals surface area (Å²) in [5.74, 6) is -0.896. The first-order valence-electron chi connectivity index (χ1n) is 6.54. The largest absolute Gasteiger partial charge is 0.309 e. The maximum Gasteiger partial charge on any atom is 0.129 e. The van der Waals surface area contributed by atoms with E-state index in [9.17, 15) is 8.78 Å². The van der Waals surface area contributed by atoms with Crippen LogP contribution in [0, 0.1) is 11.6 Å². The first-order chi connectivity index (χ1) is 8.86. The standard InChI is InChI=1S/C14H21F2N3/c1-10(18(2)3)19-8-4-7-14(19,17)12-9-11(15)5-6-13(12)16/h5-6,9-10H,4,7-8,17H2,1-3H3/t10?,14-/m1/s1. The Morgan fingerprint density at radius 3 is 2.68 bits per heavy atom. The van der Waals surface area contributed by atoms with E-state index < -0.39 is 17.3 Å². The molecule has 2 atom stereocenters. The van der Waals surface area contributed by atoms with Crippen LogP contribution in [0.5, 0.6) is 0 Å². The minimum Gasteiger partial charge on any atom is -0.309 e. The molecule has 106 valence electrons. The molecule has 0 spiro atoms. The molecule has 1 aromatic carbocycles. The fourth-order valence-electron chi connectivity index (χ4n) is 2.78. The van der Waals surface area contributed by atoms with E-state index in [1.54, 1.807) is 0 Å². The van der Waals surface area contributed by atoms with E-state index in [0.29, 0.717) is 6.42 Å². The molecule has 0 radical (unpaired) electrons. The van der Waals surface area contributed by atoms with Crippen LogP contribution < -0.4 is 5.73 Å². The zero-order valence-electron chi connectivity index (χ0n) is 11.7. The highest BCUT2D eigenvalue weighted by molar-refractivity contribution is 5.27. The summed E-state index contributed by atoms with van der Waals surface area (Å²) in [7, 11) is 3.90. The number of halogens is 2. The predicted octanol–water partition coefficient (Wildman–Crippen LogP) is 2.08. The predicted molar refractivity (Wildman–Crippen MR) is 71.3 cm³/mol. The molecule has 1 heterocycles. The van der Waals surface area contributed by atoms with Gasteiger partial charge in [-0.3, -0.25) is 9.80 Å². The molecule has 1 aliphatic rings. The summed E-state index contributed by atoms with van der Waals surface area (Å²) in [6, 6.07) is 3.49. The minimum absolute atomic E-state index is 0.0650. The SMILES string of the molecule is CC(N(C)C)N1CCC[C@]1(N)c1cc(F)ccc1F. The number of hydrogen-bond acceptors (Lipinski definition) is 3. The second-order valence-electron chi connectivity index (χ2n) is 5.44. The molecule has 19 heavy (non-hydrogen) atoms. The monoisotopic (exact) mass is 269 g/mol. The van der Waals surface area contributed by atoms with Crippen molar-refractivity contribution < 1.29 is 8.78 Å². The Morgan fingerprint density at radius 1 is 1.37 bits per heavy atom. The number of hydrogen-bond donors (Lipinski definition) is 1. The fourth-order valence-corrected chi connectivity index (χ4v) is 2.78. The maximum absolute atomic E-state index is 14.0. The highest BCUT2D eigenvalue weighted by Crippen LogP contribution is 2.37. The van der Waals surface area contributed by atoms with Crippen LogP contribution in [0.3, 0.4) is 0 Å². The Hall–Kier alpha value is -1.04. The first-order valence-corrected chi connectivity index (χ1v) is 6.54. The van der Waals surface area contributed by atoms with Gasteiger partial charge in [-0.25, -0.2) is 8.78 Å². The molecular formula is C14H21F2N3. The van der Waals surface area contributed by atoms with Gasteiger partial charge in [-0.1, -0.05) is 0 Å². The molecule has 5 heteroatoms. The molecule has 1 unspecified atom stereocenters. The summed E-state index contributed by atoms with van der Waals surface area (Å²) in [4.78, 5) is 4.05. The lowest BCUT2D eigenvalue weighted by molar-refractivity contribution is 0.0209. The fraction of sp³-hybridized carbons (Fsp3) is 0.571. The van der Waals surface area contributed by atoms with Crippen LogP contribution >= 0.6 is 0 Å². The van der Waals surface area contributed by atoms with Crippen molar-refractivity contribution in [2.45, 2.75) is 31.6 Å². The van der Waals surface area contributed by atoms with Gasteiger partial charge < -0.3 is 5.73 Å². The van der Waals surface area contributed by atoms with Gasteiger partial charge in [0.25, 0.3) is 0 Å². The van der Waals surface area contributed by atoms with Crippen molar-refractivity contribution in [1.29, 1.82) is 0 Å². The molecule has 1 aliphatic heterocycles. The Balaban J connectivity index is 2.42. The average molecular weight is 269 g/mol. The van der Waals surface area contributed by atoms with Crippen molar-refractivity contribution in [3.05, 3.63) is 35.4 Å². The Labute approximate surface area is 113 Å². The van der Waals surface area contributed by atoms with Crippen molar-refractivity contribution in [2.24, 2.45) is 5.73 Å². The third kappa shape index (κ3) is 2.50. The van der Waals surface area contributed by atoms with Gasteiger partial charge in [0.1, 0.15) is 11.6 Å². The van der Waals surface area contributed by atoms with Crippen LogP contribution in [0.4, 0.5) is 8.78 Å². The molecule has 0 saturated carbocycles. The number of rotatable bonds is 3. The van der Waals surface area contributed by atoms with E-state index in [2.05, 4.69) is 0 Å². The topological polar surface area (TPSA) is 32.5 Å². The van der Waals surface area contributed by atoms with E-state index in [0.717, 1.165) is 25.1 Å². The van der Waals surface area contributed by atoms with Crippen LogP contribution in [-0.2, 0) is 5.66 Å². The molecule has 1 aromatic rings. The van der Waals surface area contributed by atoms with Crippen molar-refractivity contribution >= 4 is 0 Å². The molecule has 0 aliphatic carbocycles. The molecule has 1 fully saturated rings. The first kappa shape index (κ1) is 14.4. The van der Waals surface area contributed by atoms with Crippen molar-refractivity contribution in [1.82, 2.24) is 9.80 Å². The lowest BCUT2D eigenvalue weighted by Gasteiger charge is -2.42. The molecule has 1 saturated heterocycles. The summed E-state index contributed by atoms with van der Waals surface area (Å²) in [5.41, 5.74) is 5.74. The van der Waals surface area contributed by atoms with Gasteiger partial charge in [0.2, 0.25) is 0 Å². The average Bonchev–Trinajstić information content (AvgIpc) is 2.74. The molecule has 0 amide bonds. The van der Waals surface area contributed by atoms with E-state index in [-0.39, 0.29) is 11.7 Å². The minimum atomic E-state index is -0.935. The summed E-state index contributed by atoms with van der Waals surface area (Å²) in [5, 5.41) is 0. The molecule has 0 aromatic heterocycles. The number of benzene rings is 1. The smallest absolute Gasteiger partial charge is 0.129 e. The second kappa shape index (κ2) is 5.15. The van der Waals surface area contributed by atoms with Gasteiger partial charge in [0, 0.05) is 12.1 Å². The third-order valence-corrected chi connectivity index (χ3v) is 4.06. The Morgan fingerprint density at radius 2 is 2.05 bits per heavy atom. The van der Waals surface area contributed by atoms with Gasteiger partial charge >= 0.3 is 0 Å². The number of nitrogens with zero attached hydrogens (tertiary/aromatic N) is 2. The lowest BCUT2D eigenvalue weighted by Crippen LogP contribution is -2.56. The van der Waals surface area contributed by atoms with Crippen LogP contribution in [0.2, 0.25) is 0 Å². The lowest BCUT2D eigenvalue weighted by atomic mass is 9.96. The van der Waals surface area contributed by atoms with E-state index in [4.69, 9.17) is 5.73 Å².